The summed E-state index contributed by atoms with van der Waals surface area (Å²) in [5, 5.41) is 0. The van der Waals surface area contributed by atoms with Crippen LogP contribution < -0.4 is 4.74 Å². The molecule has 26 heavy (non-hydrogen) atoms. The van der Waals surface area contributed by atoms with Gasteiger partial charge in [0.1, 0.15) is 23.9 Å². The number of hydrogen-bond donors (Lipinski definition) is 0. The molecule has 0 radical (unpaired) electrons. The summed E-state index contributed by atoms with van der Waals surface area (Å²) in [7, 11) is 0. The number of ether oxygens (including phenoxy) is 1. The maximum Gasteiger partial charge on any atom is 0.145 e. The Hall–Kier alpha value is -2.86. The van der Waals surface area contributed by atoms with Gasteiger partial charge >= 0.3 is 0 Å². The van der Waals surface area contributed by atoms with E-state index in [4.69, 9.17) is 4.74 Å². The van der Waals surface area contributed by atoms with Gasteiger partial charge in [-0.05, 0) is 37.1 Å². The van der Waals surface area contributed by atoms with E-state index in [2.05, 4.69) is 24.8 Å². The zero-order valence-corrected chi connectivity index (χ0v) is 14.5. The lowest BCUT2D eigenvalue weighted by atomic mass is 10.1. The molecule has 1 aliphatic heterocycles. The predicted molar refractivity (Wildman–Crippen MR) is 98.4 cm³/mol. The van der Waals surface area contributed by atoms with Gasteiger partial charge in [-0.1, -0.05) is 0 Å². The van der Waals surface area contributed by atoms with Gasteiger partial charge in [-0.3, -0.25) is 14.9 Å². The second-order valence-electron chi connectivity index (χ2n) is 6.43. The Labute approximate surface area is 152 Å². The van der Waals surface area contributed by atoms with Gasteiger partial charge in [0.25, 0.3) is 0 Å². The summed E-state index contributed by atoms with van der Waals surface area (Å²) >= 11 is 0. The van der Waals surface area contributed by atoms with Crippen LogP contribution in [0.5, 0.6) is 5.75 Å². The van der Waals surface area contributed by atoms with Crippen molar-refractivity contribution in [2.24, 2.45) is 0 Å². The highest BCUT2D eigenvalue weighted by atomic mass is 16.5. The number of aromatic nitrogens is 4. The Morgan fingerprint density at radius 1 is 0.962 bits per heavy atom. The van der Waals surface area contributed by atoms with Crippen molar-refractivity contribution in [3.05, 3.63) is 67.1 Å². The van der Waals surface area contributed by atoms with Crippen LogP contribution in [0, 0.1) is 0 Å². The fraction of sp³-hybridized carbons (Fsp3) is 0.300. The second kappa shape index (κ2) is 8.01. The molecule has 6 nitrogen and oxygen atoms in total. The molecule has 0 aromatic carbocycles. The van der Waals surface area contributed by atoms with E-state index in [1.165, 1.54) is 0 Å². The zero-order valence-electron chi connectivity index (χ0n) is 14.5. The standard InChI is InChI=1S/C20H21N5O/c1-2-19(20(24-7-1)17-3-8-21-9-4-17)26-18-5-10-25(11-6-18)14-16-12-22-15-23-13-16/h1-4,7-9,12-13,15,18H,5-6,10-11,14H2. The molecule has 3 aromatic rings. The van der Waals surface area contributed by atoms with Crippen LogP contribution in [0.3, 0.4) is 0 Å². The molecule has 132 valence electrons. The van der Waals surface area contributed by atoms with Crippen molar-refractivity contribution >= 4 is 0 Å². The molecule has 0 unspecified atom stereocenters. The van der Waals surface area contributed by atoms with E-state index < -0.39 is 0 Å². The molecule has 1 fully saturated rings. The van der Waals surface area contributed by atoms with Crippen LogP contribution in [0.1, 0.15) is 18.4 Å². The highest BCUT2D eigenvalue weighted by molar-refractivity contribution is 5.65. The Balaban J connectivity index is 1.38. The van der Waals surface area contributed by atoms with Crippen LogP contribution in [0.4, 0.5) is 0 Å². The van der Waals surface area contributed by atoms with Gasteiger partial charge in [-0.2, -0.15) is 0 Å². The smallest absolute Gasteiger partial charge is 0.145 e. The van der Waals surface area contributed by atoms with Gasteiger partial charge in [0.15, 0.2) is 0 Å². The molecule has 4 heterocycles. The Bertz CT molecular complexity index is 820. The van der Waals surface area contributed by atoms with Gasteiger partial charge in [0.2, 0.25) is 0 Å². The van der Waals surface area contributed by atoms with Crippen LogP contribution in [-0.4, -0.2) is 44.0 Å². The van der Waals surface area contributed by atoms with Gasteiger partial charge in [0.05, 0.1) is 0 Å². The summed E-state index contributed by atoms with van der Waals surface area (Å²) in [6, 6.07) is 7.83. The van der Waals surface area contributed by atoms with E-state index in [0.717, 1.165) is 55.0 Å². The van der Waals surface area contributed by atoms with Crippen LogP contribution in [0.25, 0.3) is 11.3 Å². The van der Waals surface area contributed by atoms with Crippen molar-refractivity contribution in [1.82, 2.24) is 24.8 Å². The third kappa shape index (κ3) is 4.03. The normalized spacial score (nSPS) is 15.7. The summed E-state index contributed by atoms with van der Waals surface area (Å²) in [6.07, 6.45) is 12.9. The summed E-state index contributed by atoms with van der Waals surface area (Å²) < 4.78 is 6.31. The molecule has 0 N–H and O–H groups in total. The molecular weight excluding hydrogens is 326 g/mol. The summed E-state index contributed by atoms with van der Waals surface area (Å²) in [4.78, 5) is 19.2. The van der Waals surface area contributed by atoms with Crippen LogP contribution in [0.2, 0.25) is 0 Å². The summed E-state index contributed by atoms with van der Waals surface area (Å²) in [5.74, 6) is 0.841. The predicted octanol–water partition coefficient (Wildman–Crippen LogP) is 2.98. The van der Waals surface area contributed by atoms with Gasteiger partial charge in [-0.15, -0.1) is 0 Å². The van der Waals surface area contributed by atoms with Gasteiger partial charge in [-0.25, -0.2) is 9.97 Å². The van der Waals surface area contributed by atoms with E-state index >= 15 is 0 Å². The first-order valence-corrected chi connectivity index (χ1v) is 8.87. The molecule has 0 aliphatic carbocycles. The Morgan fingerprint density at radius 3 is 2.50 bits per heavy atom. The number of nitrogens with zero attached hydrogens (tertiary/aromatic N) is 5. The lowest BCUT2D eigenvalue weighted by Gasteiger charge is -2.32. The monoisotopic (exact) mass is 347 g/mol. The molecular formula is C20H21N5O. The van der Waals surface area contributed by atoms with Crippen molar-refractivity contribution in [3.63, 3.8) is 0 Å². The number of rotatable bonds is 5. The maximum absolute atomic E-state index is 6.31. The van der Waals surface area contributed by atoms with E-state index in [1.807, 2.05) is 36.7 Å². The maximum atomic E-state index is 6.31. The molecule has 0 spiro atoms. The molecule has 1 aliphatic rings. The van der Waals surface area contributed by atoms with Crippen molar-refractivity contribution in [3.8, 4) is 17.0 Å². The minimum absolute atomic E-state index is 0.211. The number of hydrogen-bond acceptors (Lipinski definition) is 6. The lowest BCUT2D eigenvalue weighted by Crippen LogP contribution is -2.37. The highest BCUT2D eigenvalue weighted by Crippen LogP contribution is 2.29. The summed E-state index contributed by atoms with van der Waals surface area (Å²) in [5.41, 5.74) is 3.05. The summed E-state index contributed by atoms with van der Waals surface area (Å²) in [6.45, 7) is 2.90. The highest BCUT2D eigenvalue weighted by Gasteiger charge is 2.22. The minimum Gasteiger partial charge on any atom is -0.488 e. The quantitative estimate of drug-likeness (QED) is 0.707. The third-order valence-electron chi connectivity index (χ3n) is 4.57. The number of likely N-dealkylation sites (tertiary alicyclic amines) is 1. The molecule has 6 heteroatoms. The average Bonchev–Trinajstić information content (AvgIpc) is 2.71. The SMILES string of the molecule is c1cnc(-c2ccncc2)c(OC2CCN(Cc3cncnc3)CC2)c1. The molecule has 4 rings (SSSR count). The first kappa shape index (κ1) is 16.6. The average molecular weight is 347 g/mol. The molecule has 0 amide bonds. The third-order valence-corrected chi connectivity index (χ3v) is 4.57. The second-order valence-corrected chi connectivity index (χ2v) is 6.43. The van der Waals surface area contributed by atoms with Crippen LogP contribution >= 0.6 is 0 Å². The van der Waals surface area contributed by atoms with E-state index in [9.17, 15) is 0 Å². The van der Waals surface area contributed by atoms with Crippen LogP contribution in [0.15, 0.2) is 61.6 Å². The minimum atomic E-state index is 0.211. The number of piperidine rings is 1. The van der Waals surface area contributed by atoms with E-state index in [1.54, 1.807) is 24.9 Å². The van der Waals surface area contributed by atoms with Gasteiger partial charge < -0.3 is 4.74 Å². The molecule has 3 aromatic heterocycles. The van der Waals surface area contributed by atoms with E-state index in [0.29, 0.717) is 0 Å². The molecule has 0 saturated carbocycles. The fourth-order valence-electron chi connectivity index (χ4n) is 3.25. The fourth-order valence-corrected chi connectivity index (χ4v) is 3.25. The van der Waals surface area contributed by atoms with Crippen molar-refractivity contribution in [2.45, 2.75) is 25.5 Å². The first-order valence-electron chi connectivity index (χ1n) is 8.87. The van der Waals surface area contributed by atoms with E-state index in [-0.39, 0.29) is 6.10 Å². The van der Waals surface area contributed by atoms with Crippen molar-refractivity contribution in [2.75, 3.05) is 13.1 Å². The Kier molecular flexibility index (Phi) is 5.12. The van der Waals surface area contributed by atoms with Crippen LogP contribution in [-0.2, 0) is 6.54 Å². The topological polar surface area (TPSA) is 64.0 Å². The molecule has 1 saturated heterocycles. The zero-order chi connectivity index (χ0) is 17.6. The first-order chi connectivity index (χ1) is 12.9. The molecule has 0 bridgehead atoms. The van der Waals surface area contributed by atoms with Gasteiger partial charge in [0, 0.05) is 61.7 Å². The Morgan fingerprint density at radius 2 is 1.73 bits per heavy atom. The lowest BCUT2D eigenvalue weighted by molar-refractivity contribution is 0.0969. The largest absolute Gasteiger partial charge is 0.488 e. The molecule has 0 atom stereocenters. The number of pyridine rings is 2. The van der Waals surface area contributed by atoms with Crippen molar-refractivity contribution < 1.29 is 4.74 Å². The van der Waals surface area contributed by atoms with Crippen molar-refractivity contribution in [1.29, 1.82) is 0 Å².